The molecule has 3 nitrogen and oxygen atoms in total. The highest BCUT2D eigenvalue weighted by Gasteiger charge is 2.31. The van der Waals surface area contributed by atoms with Crippen LogP contribution in [0.4, 0.5) is 0 Å². The van der Waals surface area contributed by atoms with Crippen molar-refractivity contribution in [3.63, 3.8) is 0 Å². The van der Waals surface area contributed by atoms with Gasteiger partial charge in [-0.15, -0.1) is 11.3 Å². The Kier molecular flexibility index (Phi) is 5.22. The molecule has 2 rings (SSSR count). The number of nitrogens with zero attached hydrogens (tertiary/aromatic N) is 1. The molecule has 112 valence electrons. The number of fused-ring (bicyclic) bond motifs is 1. The van der Waals surface area contributed by atoms with Crippen molar-refractivity contribution in [3.8, 4) is 0 Å². The summed E-state index contributed by atoms with van der Waals surface area (Å²) in [5.74, 6) is 0.103. The second-order valence-corrected chi connectivity index (χ2v) is 6.84. The van der Waals surface area contributed by atoms with Gasteiger partial charge < -0.3 is 10.0 Å². The molecule has 1 aromatic heterocycles. The molecular formula is C16H25NO2S. The Balaban J connectivity index is 1.98. The van der Waals surface area contributed by atoms with Crippen molar-refractivity contribution in [3.05, 3.63) is 21.9 Å². The number of thiophene rings is 1. The highest BCUT2D eigenvalue weighted by Crippen LogP contribution is 2.28. The first kappa shape index (κ1) is 15.5. The molecule has 0 unspecified atom stereocenters. The predicted octanol–water partition coefficient (Wildman–Crippen LogP) is 3.35. The van der Waals surface area contributed by atoms with Crippen LogP contribution in [0.25, 0.3) is 0 Å². The second-order valence-electron chi connectivity index (χ2n) is 5.84. The van der Waals surface area contributed by atoms with Crippen LogP contribution in [0.15, 0.2) is 11.4 Å². The van der Waals surface area contributed by atoms with Crippen LogP contribution in [0.2, 0.25) is 0 Å². The summed E-state index contributed by atoms with van der Waals surface area (Å²) in [6.07, 6.45) is 4.48. The number of hydrogen-bond acceptors (Lipinski definition) is 3. The Morgan fingerprint density at radius 3 is 2.75 bits per heavy atom. The average molecular weight is 295 g/mol. The molecule has 2 heterocycles. The molecule has 0 aromatic carbocycles. The Hall–Kier alpha value is -0.870. The largest absolute Gasteiger partial charge is 0.389 e. The van der Waals surface area contributed by atoms with Crippen LogP contribution in [0.5, 0.6) is 0 Å². The van der Waals surface area contributed by atoms with Gasteiger partial charge >= 0.3 is 0 Å². The van der Waals surface area contributed by atoms with Gasteiger partial charge in [0.1, 0.15) is 0 Å². The van der Waals surface area contributed by atoms with Crippen molar-refractivity contribution in [1.82, 2.24) is 4.90 Å². The third-order valence-corrected chi connectivity index (χ3v) is 5.09. The van der Waals surface area contributed by atoms with Crippen LogP contribution in [-0.4, -0.2) is 28.1 Å². The monoisotopic (exact) mass is 295 g/mol. The van der Waals surface area contributed by atoms with Gasteiger partial charge in [-0.1, -0.05) is 26.7 Å². The van der Waals surface area contributed by atoms with E-state index in [0.29, 0.717) is 19.4 Å². The number of amides is 1. The summed E-state index contributed by atoms with van der Waals surface area (Å²) in [6.45, 7) is 5.62. The number of carbonyl (C=O) groups excluding carboxylic acids is 1. The quantitative estimate of drug-likeness (QED) is 0.874. The highest BCUT2D eigenvalue weighted by molar-refractivity contribution is 7.10. The molecule has 0 atom stereocenters. The zero-order chi connectivity index (χ0) is 14.6. The van der Waals surface area contributed by atoms with Crippen LogP contribution in [-0.2, 0) is 17.8 Å². The fourth-order valence-corrected chi connectivity index (χ4v) is 3.98. The van der Waals surface area contributed by atoms with E-state index in [2.05, 4.69) is 25.3 Å². The van der Waals surface area contributed by atoms with Crippen molar-refractivity contribution in [2.24, 2.45) is 0 Å². The molecule has 0 fully saturated rings. The van der Waals surface area contributed by atoms with Gasteiger partial charge in [0, 0.05) is 18.0 Å². The van der Waals surface area contributed by atoms with Crippen LogP contribution < -0.4 is 0 Å². The highest BCUT2D eigenvalue weighted by atomic mass is 32.1. The minimum absolute atomic E-state index is 0.103. The number of hydrogen-bond donors (Lipinski definition) is 1. The standard InChI is InChI=1S/C16H25NO2S/c1-3-7-16(19,8-4-2)11-15(18)17-9-5-14-13(12-17)6-10-20-14/h6,10,19H,3-5,7-9,11-12H2,1-2H3. The molecule has 20 heavy (non-hydrogen) atoms. The summed E-state index contributed by atoms with van der Waals surface area (Å²) in [5, 5.41) is 12.7. The van der Waals surface area contributed by atoms with Crippen molar-refractivity contribution < 1.29 is 9.90 Å². The van der Waals surface area contributed by atoms with E-state index in [4.69, 9.17) is 0 Å². The van der Waals surface area contributed by atoms with E-state index in [1.807, 2.05) is 4.90 Å². The minimum atomic E-state index is -0.810. The first-order valence-corrected chi connectivity index (χ1v) is 8.51. The van der Waals surface area contributed by atoms with E-state index in [1.165, 1.54) is 10.4 Å². The van der Waals surface area contributed by atoms with Crippen molar-refractivity contribution in [2.45, 2.75) is 64.5 Å². The molecule has 0 aliphatic carbocycles. The van der Waals surface area contributed by atoms with Gasteiger partial charge in [0.15, 0.2) is 0 Å². The Morgan fingerprint density at radius 1 is 1.40 bits per heavy atom. The van der Waals surface area contributed by atoms with Crippen molar-refractivity contribution >= 4 is 17.2 Å². The molecule has 1 aromatic rings. The van der Waals surface area contributed by atoms with Gasteiger partial charge in [0.05, 0.1) is 12.0 Å². The van der Waals surface area contributed by atoms with E-state index in [1.54, 1.807) is 11.3 Å². The maximum atomic E-state index is 12.5. The molecule has 1 aliphatic heterocycles. The van der Waals surface area contributed by atoms with Gasteiger partial charge in [-0.2, -0.15) is 0 Å². The molecule has 0 saturated carbocycles. The predicted molar refractivity (Wildman–Crippen MR) is 82.8 cm³/mol. The zero-order valence-corrected chi connectivity index (χ0v) is 13.3. The average Bonchev–Trinajstić information content (AvgIpc) is 2.85. The van der Waals surface area contributed by atoms with E-state index in [0.717, 1.165) is 25.8 Å². The molecule has 4 heteroatoms. The van der Waals surface area contributed by atoms with Gasteiger partial charge in [-0.25, -0.2) is 0 Å². The Labute approximate surface area is 125 Å². The fraction of sp³-hybridized carbons (Fsp3) is 0.688. The molecule has 1 aliphatic rings. The maximum absolute atomic E-state index is 12.5. The molecule has 0 saturated heterocycles. The van der Waals surface area contributed by atoms with E-state index >= 15 is 0 Å². The van der Waals surface area contributed by atoms with Gasteiger partial charge in [-0.3, -0.25) is 4.79 Å². The van der Waals surface area contributed by atoms with E-state index in [9.17, 15) is 9.90 Å². The fourth-order valence-electron chi connectivity index (χ4n) is 3.09. The SMILES string of the molecule is CCCC(O)(CCC)CC(=O)N1CCc2sccc2C1. The van der Waals surface area contributed by atoms with E-state index in [-0.39, 0.29) is 12.3 Å². The molecule has 0 radical (unpaired) electrons. The van der Waals surface area contributed by atoms with E-state index < -0.39 is 5.60 Å². The van der Waals surface area contributed by atoms with Crippen LogP contribution >= 0.6 is 11.3 Å². The van der Waals surface area contributed by atoms with Crippen LogP contribution in [0, 0.1) is 0 Å². The normalized spacial score (nSPS) is 15.2. The third-order valence-electron chi connectivity index (χ3n) is 4.07. The number of rotatable bonds is 6. The van der Waals surface area contributed by atoms with Gasteiger partial charge in [0.25, 0.3) is 0 Å². The maximum Gasteiger partial charge on any atom is 0.225 e. The third kappa shape index (κ3) is 3.61. The molecular weight excluding hydrogens is 270 g/mol. The zero-order valence-electron chi connectivity index (χ0n) is 12.5. The summed E-state index contributed by atoms with van der Waals surface area (Å²) in [5.41, 5.74) is 0.472. The molecule has 0 spiro atoms. The van der Waals surface area contributed by atoms with Gasteiger partial charge in [-0.05, 0) is 36.3 Å². The smallest absolute Gasteiger partial charge is 0.225 e. The molecule has 0 bridgehead atoms. The lowest BCUT2D eigenvalue weighted by atomic mass is 9.88. The topological polar surface area (TPSA) is 40.5 Å². The second kappa shape index (κ2) is 6.72. The summed E-state index contributed by atoms with van der Waals surface area (Å²) in [6, 6.07) is 2.11. The summed E-state index contributed by atoms with van der Waals surface area (Å²) in [7, 11) is 0. The summed E-state index contributed by atoms with van der Waals surface area (Å²) >= 11 is 1.78. The first-order valence-electron chi connectivity index (χ1n) is 7.63. The van der Waals surface area contributed by atoms with Crippen molar-refractivity contribution in [1.29, 1.82) is 0 Å². The summed E-state index contributed by atoms with van der Waals surface area (Å²) in [4.78, 5) is 15.8. The Morgan fingerprint density at radius 2 is 2.10 bits per heavy atom. The lowest BCUT2D eigenvalue weighted by molar-refractivity contribution is -0.138. The number of carbonyl (C=O) groups is 1. The summed E-state index contributed by atoms with van der Waals surface area (Å²) < 4.78 is 0. The Bertz CT molecular complexity index is 449. The molecule has 1 N–H and O–H groups in total. The van der Waals surface area contributed by atoms with Crippen molar-refractivity contribution in [2.75, 3.05) is 6.54 Å². The first-order chi connectivity index (χ1) is 9.58. The van der Waals surface area contributed by atoms with Crippen LogP contribution in [0.3, 0.4) is 0 Å². The molecule has 1 amide bonds. The minimum Gasteiger partial charge on any atom is -0.389 e. The number of aliphatic hydroxyl groups is 1. The van der Waals surface area contributed by atoms with Gasteiger partial charge in [0.2, 0.25) is 5.91 Å². The van der Waals surface area contributed by atoms with Crippen LogP contribution in [0.1, 0.15) is 56.4 Å². The lowest BCUT2D eigenvalue weighted by Crippen LogP contribution is -2.41. The lowest BCUT2D eigenvalue weighted by Gasteiger charge is -2.32.